The lowest BCUT2D eigenvalue weighted by molar-refractivity contribution is 0.0903. The molecule has 3 aliphatic rings. The van der Waals surface area contributed by atoms with Crippen LogP contribution in [-0.4, -0.2) is 71.5 Å². The normalized spacial score (nSPS) is 26.8. The van der Waals surface area contributed by atoms with Gasteiger partial charge in [-0.1, -0.05) is 5.16 Å². The largest absolute Gasteiger partial charge is 0.396 e. The maximum Gasteiger partial charge on any atom is 0.282 e. The molecule has 0 spiro atoms. The lowest BCUT2D eigenvalue weighted by atomic mass is 9.93. The summed E-state index contributed by atoms with van der Waals surface area (Å²) in [5, 5.41) is 15.9. The third-order valence-electron chi connectivity index (χ3n) is 6.86. The van der Waals surface area contributed by atoms with E-state index >= 15 is 0 Å². The molecule has 1 saturated carbocycles. The van der Waals surface area contributed by atoms with E-state index in [9.17, 15) is 13.2 Å². The highest BCUT2D eigenvalue weighted by Crippen LogP contribution is 2.40. The van der Waals surface area contributed by atoms with Crippen molar-refractivity contribution in [1.82, 2.24) is 19.1 Å². The molecule has 3 heterocycles. The van der Waals surface area contributed by atoms with Crippen LogP contribution < -0.4 is 5.32 Å². The Balaban J connectivity index is 1.28. The fourth-order valence-corrected chi connectivity index (χ4v) is 6.64. The Labute approximate surface area is 184 Å². The van der Waals surface area contributed by atoms with Crippen molar-refractivity contribution < 1.29 is 22.8 Å². The third-order valence-corrected chi connectivity index (χ3v) is 9.01. The van der Waals surface area contributed by atoms with Crippen LogP contribution in [0.4, 0.5) is 0 Å². The minimum Gasteiger partial charge on any atom is -0.396 e. The Morgan fingerprint density at radius 2 is 1.97 bits per heavy atom. The van der Waals surface area contributed by atoms with Crippen LogP contribution in [0.3, 0.4) is 0 Å². The number of rotatable bonds is 8. The number of hydrogen-bond donors (Lipinski definition) is 2. The standard InChI is InChI=1S/C21H34N4O5S/c1-15-13-18(22-21(27)19-14-20(30-23-19)17-4-5-17)8-11-25(15)31(28,29)24-9-6-16(7-10-24)3-2-12-26/h14-18,26H,2-13H2,1H3,(H,22,27)/t15-,18-/m0/s1. The predicted molar refractivity (Wildman–Crippen MR) is 115 cm³/mol. The van der Waals surface area contributed by atoms with Crippen molar-refractivity contribution >= 4 is 16.1 Å². The van der Waals surface area contributed by atoms with Gasteiger partial charge in [0, 0.05) is 50.3 Å². The van der Waals surface area contributed by atoms with Gasteiger partial charge in [-0.15, -0.1) is 0 Å². The van der Waals surface area contributed by atoms with Crippen molar-refractivity contribution in [2.24, 2.45) is 5.92 Å². The van der Waals surface area contributed by atoms with Crippen LogP contribution in [0.2, 0.25) is 0 Å². The molecule has 2 aliphatic heterocycles. The van der Waals surface area contributed by atoms with Gasteiger partial charge in [0.05, 0.1) is 0 Å². The van der Waals surface area contributed by atoms with E-state index in [0.717, 1.165) is 44.3 Å². The fourth-order valence-electron chi connectivity index (χ4n) is 4.80. The van der Waals surface area contributed by atoms with Gasteiger partial charge in [0.15, 0.2) is 5.69 Å². The maximum atomic E-state index is 13.2. The molecule has 0 radical (unpaired) electrons. The first kappa shape index (κ1) is 22.7. The van der Waals surface area contributed by atoms with Gasteiger partial charge in [-0.05, 0) is 64.2 Å². The second-order valence-corrected chi connectivity index (χ2v) is 11.1. The first-order chi connectivity index (χ1) is 14.9. The molecule has 174 valence electrons. The summed E-state index contributed by atoms with van der Waals surface area (Å²) in [6.45, 7) is 3.57. The van der Waals surface area contributed by atoms with Gasteiger partial charge in [0.25, 0.3) is 16.1 Å². The average Bonchev–Trinajstić information content (AvgIpc) is 3.48. The van der Waals surface area contributed by atoms with Crippen LogP contribution in [0.15, 0.2) is 10.6 Å². The van der Waals surface area contributed by atoms with Crippen molar-refractivity contribution in [3.63, 3.8) is 0 Å². The summed E-state index contributed by atoms with van der Waals surface area (Å²) in [6, 6.07) is 1.45. The Morgan fingerprint density at radius 3 is 2.61 bits per heavy atom. The number of aromatic nitrogens is 1. The summed E-state index contributed by atoms with van der Waals surface area (Å²) in [4.78, 5) is 12.5. The molecule has 3 fully saturated rings. The van der Waals surface area contributed by atoms with Crippen molar-refractivity contribution in [1.29, 1.82) is 0 Å². The summed E-state index contributed by atoms with van der Waals surface area (Å²) in [7, 11) is -3.50. The molecule has 1 amide bonds. The number of carbonyl (C=O) groups excluding carboxylic acids is 1. The number of nitrogens with one attached hydrogen (secondary N) is 1. The minimum atomic E-state index is -3.50. The van der Waals surface area contributed by atoms with E-state index in [1.165, 1.54) is 0 Å². The van der Waals surface area contributed by atoms with Crippen LogP contribution in [0.25, 0.3) is 0 Å². The maximum absolute atomic E-state index is 13.2. The molecule has 0 aromatic carbocycles. The molecule has 10 heteroatoms. The van der Waals surface area contributed by atoms with E-state index < -0.39 is 10.2 Å². The Hall–Kier alpha value is -1.49. The molecule has 2 atom stereocenters. The Bertz CT molecular complexity index is 861. The second-order valence-electron chi connectivity index (χ2n) is 9.26. The number of piperidine rings is 2. The van der Waals surface area contributed by atoms with E-state index in [4.69, 9.17) is 9.63 Å². The number of amides is 1. The van der Waals surface area contributed by atoms with Gasteiger partial charge in [-0.25, -0.2) is 0 Å². The number of hydrogen-bond acceptors (Lipinski definition) is 6. The summed E-state index contributed by atoms with van der Waals surface area (Å²) in [6.07, 6.45) is 6.76. The van der Waals surface area contributed by atoms with Crippen molar-refractivity contribution in [3.8, 4) is 0 Å². The van der Waals surface area contributed by atoms with Crippen LogP contribution >= 0.6 is 0 Å². The number of nitrogens with zero attached hydrogens (tertiary/aromatic N) is 3. The Kier molecular flexibility index (Phi) is 7.00. The molecule has 0 bridgehead atoms. The topological polar surface area (TPSA) is 116 Å². The molecule has 4 rings (SSSR count). The van der Waals surface area contributed by atoms with Crippen LogP contribution in [0.5, 0.6) is 0 Å². The van der Waals surface area contributed by atoms with Crippen molar-refractivity contribution in [2.75, 3.05) is 26.2 Å². The van der Waals surface area contributed by atoms with Crippen molar-refractivity contribution in [3.05, 3.63) is 17.5 Å². The van der Waals surface area contributed by atoms with E-state index in [2.05, 4.69) is 10.5 Å². The van der Waals surface area contributed by atoms with Gasteiger partial charge in [-0.3, -0.25) is 4.79 Å². The average molecular weight is 455 g/mol. The van der Waals surface area contributed by atoms with Gasteiger partial charge in [0.1, 0.15) is 5.76 Å². The van der Waals surface area contributed by atoms with E-state index in [-0.39, 0.29) is 24.6 Å². The highest BCUT2D eigenvalue weighted by atomic mass is 32.2. The number of aliphatic hydroxyl groups excluding tert-OH is 1. The molecular weight excluding hydrogens is 420 g/mol. The van der Waals surface area contributed by atoms with E-state index in [1.54, 1.807) is 14.7 Å². The van der Waals surface area contributed by atoms with Gasteiger partial charge >= 0.3 is 0 Å². The van der Waals surface area contributed by atoms with Crippen molar-refractivity contribution in [2.45, 2.75) is 76.3 Å². The summed E-state index contributed by atoms with van der Waals surface area (Å²) >= 11 is 0. The quantitative estimate of drug-likeness (QED) is 0.619. The third kappa shape index (κ3) is 5.30. The smallest absolute Gasteiger partial charge is 0.282 e. The first-order valence-electron chi connectivity index (χ1n) is 11.5. The molecule has 1 aromatic rings. The monoisotopic (exact) mass is 454 g/mol. The van der Waals surface area contributed by atoms with Gasteiger partial charge < -0.3 is 14.9 Å². The lowest BCUT2D eigenvalue weighted by Gasteiger charge is -2.41. The first-order valence-corrected chi connectivity index (χ1v) is 12.9. The summed E-state index contributed by atoms with van der Waals surface area (Å²) < 4.78 is 34.8. The highest BCUT2D eigenvalue weighted by Gasteiger charge is 2.39. The molecule has 0 unspecified atom stereocenters. The molecular formula is C21H34N4O5S. The zero-order chi connectivity index (χ0) is 22.0. The van der Waals surface area contributed by atoms with Gasteiger partial charge in [0.2, 0.25) is 0 Å². The van der Waals surface area contributed by atoms with Gasteiger partial charge in [-0.2, -0.15) is 17.0 Å². The molecule has 2 saturated heterocycles. The van der Waals surface area contributed by atoms with E-state index in [0.29, 0.717) is 50.0 Å². The molecule has 2 N–H and O–H groups in total. The highest BCUT2D eigenvalue weighted by molar-refractivity contribution is 7.86. The lowest BCUT2D eigenvalue weighted by Crippen LogP contribution is -2.55. The molecule has 9 nitrogen and oxygen atoms in total. The minimum absolute atomic E-state index is 0.0840. The van der Waals surface area contributed by atoms with E-state index in [1.807, 2.05) is 6.92 Å². The SMILES string of the molecule is C[C@H]1C[C@@H](NC(=O)c2cc(C3CC3)on2)CCN1S(=O)(=O)N1CCC(CCCO)CC1. The second kappa shape index (κ2) is 9.56. The number of carbonyl (C=O) groups is 1. The molecule has 1 aliphatic carbocycles. The molecule has 31 heavy (non-hydrogen) atoms. The zero-order valence-corrected chi connectivity index (χ0v) is 19.0. The van der Waals surface area contributed by atoms with Crippen LogP contribution in [0.1, 0.15) is 80.5 Å². The number of aliphatic hydroxyl groups is 1. The predicted octanol–water partition coefficient (Wildman–Crippen LogP) is 1.86. The van der Waals surface area contributed by atoms with Crippen LogP contribution in [0, 0.1) is 5.92 Å². The zero-order valence-electron chi connectivity index (χ0n) is 18.2. The fraction of sp³-hybridized carbons (Fsp3) is 0.810. The van der Waals surface area contributed by atoms with Crippen LogP contribution in [-0.2, 0) is 10.2 Å². The Morgan fingerprint density at radius 1 is 1.23 bits per heavy atom. The summed E-state index contributed by atoms with van der Waals surface area (Å²) in [5.41, 5.74) is 0.300. The molecule has 1 aromatic heterocycles. The summed E-state index contributed by atoms with van der Waals surface area (Å²) in [5.74, 6) is 1.42.